The molecule has 4 atom stereocenters. The van der Waals surface area contributed by atoms with E-state index in [0.29, 0.717) is 12.3 Å². The fourth-order valence-electron chi connectivity index (χ4n) is 3.78. The second kappa shape index (κ2) is 6.15. The van der Waals surface area contributed by atoms with Crippen LogP contribution in [0.4, 0.5) is 0 Å². The van der Waals surface area contributed by atoms with Gasteiger partial charge < -0.3 is 10.4 Å². The van der Waals surface area contributed by atoms with Crippen LogP contribution in [0.25, 0.3) is 0 Å². The number of nitrogens with one attached hydrogen (secondary N) is 1. The van der Waals surface area contributed by atoms with E-state index in [1.807, 2.05) is 0 Å². The van der Waals surface area contributed by atoms with E-state index < -0.39 is 11.5 Å². The molecule has 0 heterocycles. The van der Waals surface area contributed by atoms with Crippen molar-refractivity contribution in [3.63, 3.8) is 0 Å². The number of carbonyl (C=O) groups is 2. The van der Waals surface area contributed by atoms with Gasteiger partial charge in [0.25, 0.3) is 0 Å². The van der Waals surface area contributed by atoms with Crippen LogP contribution < -0.4 is 5.32 Å². The maximum absolute atomic E-state index is 12.4. The molecule has 4 unspecified atom stereocenters. The summed E-state index contributed by atoms with van der Waals surface area (Å²) in [7, 11) is 0. The number of hydrogen-bond donors (Lipinski definition) is 2. The first-order valence-corrected chi connectivity index (χ1v) is 8.01. The highest BCUT2D eigenvalue weighted by Gasteiger charge is 2.39. The van der Waals surface area contributed by atoms with E-state index in [9.17, 15) is 14.7 Å². The molecule has 2 N–H and O–H groups in total. The summed E-state index contributed by atoms with van der Waals surface area (Å²) in [5.74, 6) is 0.510. The number of carboxylic acids is 1. The normalized spacial score (nSPS) is 32.8. The Hall–Kier alpha value is -1.06. The number of carboxylic acid groups (broad SMARTS) is 1. The summed E-state index contributed by atoms with van der Waals surface area (Å²) in [6.45, 7) is 3.39. The molecule has 2 saturated carbocycles. The van der Waals surface area contributed by atoms with Crippen LogP contribution in [0.3, 0.4) is 0 Å². The van der Waals surface area contributed by atoms with Gasteiger partial charge in [-0.2, -0.15) is 0 Å². The number of amides is 1. The van der Waals surface area contributed by atoms with Crippen LogP contribution in [0, 0.1) is 17.8 Å². The lowest BCUT2D eigenvalue weighted by Crippen LogP contribution is -2.54. The summed E-state index contributed by atoms with van der Waals surface area (Å²) < 4.78 is 0. The van der Waals surface area contributed by atoms with Gasteiger partial charge in [-0.3, -0.25) is 4.79 Å². The van der Waals surface area contributed by atoms with Crippen molar-refractivity contribution in [2.45, 2.75) is 70.8 Å². The third-order valence-electron chi connectivity index (χ3n) is 5.49. The average Bonchev–Trinajstić information content (AvgIpc) is 2.46. The second-order valence-corrected chi connectivity index (χ2v) is 6.79. The molecule has 20 heavy (non-hydrogen) atoms. The van der Waals surface area contributed by atoms with Crippen LogP contribution >= 0.6 is 0 Å². The highest BCUT2D eigenvalue weighted by molar-refractivity contribution is 5.87. The van der Waals surface area contributed by atoms with Gasteiger partial charge in [0.2, 0.25) is 5.91 Å². The molecule has 114 valence electrons. The summed E-state index contributed by atoms with van der Waals surface area (Å²) in [4.78, 5) is 23.7. The molecule has 0 aromatic heterocycles. The minimum atomic E-state index is -1.12. The van der Waals surface area contributed by atoms with Gasteiger partial charge >= 0.3 is 5.97 Å². The molecular formula is C16H27NO3. The SMILES string of the molecule is CCC(C)(NC(=O)C1CCC2CCCCC2C1)C(=O)O. The predicted octanol–water partition coefficient (Wildman–Crippen LogP) is 2.96. The Balaban J connectivity index is 1.94. The predicted molar refractivity (Wildman–Crippen MR) is 77.3 cm³/mol. The lowest BCUT2D eigenvalue weighted by molar-refractivity contribution is -0.148. The van der Waals surface area contributed by atoms with Crippen LogP contribution in [0.2, 0.25) is 0 Å². The zero-order chi connectivity index (χ0) is 14.8. The first kappa shape index (κ1) is 15.3. The summed E-state index contributed by atoms with van der Waals surface area (Å²) >= 11 is 0. The van der Waals surface area contributed by atoms with Crippen molar-refractivity contribution in [3.05, 3.63) is 0 Å². The van der Waals surface area contributed by atoms with Crippen molar-refractivity contribution < 1.29 is 14.7 Å². The van der Waals surface area contributed by atoms with Gasteiger partial charge in [-0.05, 0) is 44.4 Å². The van der Waals surface area contributed by atoms with E-state index >= 15 is 0 Å². The second-order valence-electron chi connectivity index (χ2n) is 6.79. The largest absolute Gasteiger partial charge is 0.480 e. The van der Waals surface area contributed by atoms with Gasteiger partial charge in [-0.15, -0.1) is 0 Å². The molecule has 1 amide bonds. The Morgan fingerprint density at radius 2 is 1.80 bits per heavy atom. The molecule has 4 nitrogen and oxygen atoms in total. The topological polar surface area (TPSA) is 66.4 Å². The van der Waals surface area contributed by atoms with Crippen molar-refractivity contribution in [3.8, 4) is 0 Å². The first-order chi connectivity index (χ1) is 9.46. The lowest BCUT2D eigenvalue weighted by Gasteiger charge is -2.39. The van der Waals surface area contributed by atoms with Crippen LogP contribution in [0.1, 0.15) is 65.2 Å². The minimum absolute atomic E-state index is 0.0135. The van der Waals surface area contributed by atoms with Gasteiger partial charge in [-0.1, -0.05) is 32.6 Å². The molecule has 2 aliphatic rings. The van der Waals surface area contributed by atoms with Crippen molar-refractivity contribution in [1.82, 2.24) is 5.32 Å². The quantitative estimate of drug-likeness (QED) is 0.832. The fraction of sp³-hybridized carbons (Fsp3) is 0.875. The van der Waals surface area contributed by atoms with Gasteiger partial charge in [0.05, 0.1) is 0 Å². The lowest BCUT2D eigenvalue weighted by atomic mass is 9.67. The number of hydrogen-bond acceptors (Lipinski definition) is 2. The molecule has 4 heteroatoms. The third kappa shape index (κ3) is 3.15. The van der Waals surface area contributed by atoms with Crippen molar-refractivity contribution in [2.75, 3.05) is 0 Å². The Labute approximate surface area is 121 Å². The first-order valence-electron chi connectivity index (χ1n) is 8.01. The maximum atomic E-state index is 12.4. The van der Waals surface area contributed by atoms with Crippen LogP contribution in [0.5, 0.6) is 0 Å². The van der Waals surface area contributed by atoms with E-state index in [-0.39, 0.29) is 11.8 Å². The van der Waals surface area contributed by atoms with Crippen molar-refractivity contribution in [1.29, 1.82) is 0 Å². The number of aliphatic carboxylic acids is 1. The molecule has 0 bridgehead atoms. The summed E-state index contributed by atoms with van der Waals surface area (Å²) in [5.41, 5.74) is -1.12. The van der Waals surface area contributed by atoms with Crippen LogP contribution in [-0.4, -0.2) is 22.5 Å². The molecule has 2 rings (SSSR count). The van der Waals surface area contributed by atoms with E-state index in [0.717, 1.165) is 25.2 Å². The maximum Gasteiger partial charge on any atom is 0.329 e. The van der Waals surface area contributed by atoms with Crippen molar-refractivity contribution in [2.24, 2.45) is 17.8 Å². The van der Waals surface area contributed by atoms with E-state index in [1.165, 1.54) is 25.7 Å². The van der Waals surface area contributed by atoms with E-state index in [1.54, 1.807) is 13.8 Å². The molecule has 0 aromatic rings. The van der Waals surface area contributed by atoms with Crippen LogP contribution in [0.15, 0.2) is 0 Å². The van der Waals surface area contributed by atoms with Gasteiger partial charge in [0.1, 0.15) is 5.54 Å². The average molecular weight is 281 g/mol. The highest BCUT2D eigenvalue weighted by atomic mass is 16.4. The Morgan fingerprint density at radius 3 is 2.40 bits per heavy atom. The van der Waals surface area contributed by atoms with E-state index in [4.69, 9.17) is 0 Å². The molecule has 0 aliphatic heterocycles. The number of rotatable bonds is 4. The Kier molecular flexibility index (Phi) is 4.71. The Morgan fingerprint density at radius 1 is 1.15 bits per heavy atom. The zero-order valence-corrected chi connectivity index (χ0v) is 12.7. The summed E-state index contributed by atoms with van der Waals surface area (Å²) in [5, 5.41) is 12.0. The summed E-state index contributed by atoms with van der Waals surface area (Å²) in [6, 6.07) is 0. The number of fused-ring (bicyclic) bond motifs is 1. The molecule has 0 spiro atoms. The Bertz CT molecular complexity index is 382. The standard InChI is InChI=1S/C16H27NO3/c1-3-16(2,15(19)20)17-14(18)13-9-8-11-6-4-5-7-12(11)10-13/h11-13H,3-10H2,1-2H3,(H,17,18)(H,19,20). The molecule has 2 aliphatic carbocycles. The van der Waals surface area contributed by atoms with Gasteiger partial charge in [0.15, 0.2) is 0 Å². The monoisotopic (exact) mass is 281 g/mol. The fourth-order valence-corrected chi connectivity index (χ4v) is 3.78. The summed E-state index contributed by atoms with van der Waals surface area (Å²) in [6.07, 6.45) is 8.62. The highest BCUT2D eigenvalue weighted by Crippen LogP contribution is 2.42. The van der Waals surface area contributed by atoms with Gasteiger partial charge in [-0.25, -0.2) is 4.79 Å². The molecule has 2 fully saturated rings. The molecular weight excluding hydrogens is 254 g/mol. The van der Waals surface area contributed by atoms with Gasteiger partial charge in [0, 0.05) is 5.92 Å². The smallest absolute Gasteiger partial charge is 0.329 e. The van der Waals surface area contributed by atoms with E-state index in [2.05, 4.69) is 5.32 Å². The van der Waals surface area contributed by atoms with Crippen molar-refractivity contribution >= 4 is 11.9 Å². The molecule has 0 saturated heterocycles. The molecule has 0 aromatic carbocycles. The third-order valence-corrected chi connectivity index (χ3v) is 5.49. The zero-order valence-electron chi connectivity index (χ0n) is 12.7. The number of carbonyl (C=O) groups excluding carboxylic acids is 1. The minimum Gasteiger partial charge on any atom is -0.480 e. The van der Waals surface area contributed by atoms with Crippen LogP contribution in [-0.2, 0) is 9.59 Å². The molecule has 0 radical (unpaired) electrons.